The van der Waals surface area contributed by atoms with Gasteiger partial charge in [-0.25, -0.2) is 9.78 Å². The van der Waals surface area contributed by atoms with Gasteiger partial charge in [-0.15, -0.1) is 0 Å². The number of rotatable bonds is 3. The summed E-state index contributed by atoms with van der Waals surface area (Å²) in [6.07, 6.45) is 0.229. The lowest BCUT2D eigenvalue weighted by molar-refractivity contribution is 0.173. The average Bonchev–Trinajstić information content (AvgIpc) is 2.57. The minimum atomic E-state index is -1.03. The van der Waals surface area contributed by atoms with E-state index in [4.69, 9.17) is 28.3 Å². The first-order valence-electron chi connectivity index (χ1n) is 8.51. The zero-order valence-corrected chi connectivity index (χ0v) is 16.5. The molecule has 0 unspecified atom stereocenters. The van der Waals surface area contributed by atoms with Gasteiger partial charge in [-0.05, 0) is 38.8 Å². The summed E-state index contributed by atoms with van der Waals surface area (Å²) in [5, 5.41) is 12.2. The first-order chi connectivity index (χ1) is 12.7. The van der Waals surface area contributed by atoms with Crippen molar-refractivity contribution in [2.75, 3.05) is 18.0 Å². The molecule has 0 spiro atoms. The van der Waals surface area contributed by atoms with Gasteiger partial charge in [0.2, 0.25) is 0 Å². The van der Waals surface area contributed by atoms with E-state index < -0.39 is 11.6 Å². The lowest BCUT2D eigenvalue weighted by atomic mass is 9.90. The van der Waals surface area contributed by atoms with Crippen molar-refractivity contribution in [2.45, 2.75) is 32.2 Å². The summed E-state index contributed by atoms with van der Waals surface area (Å²) in [6, 6.07) is 6.57. The van der Waals surface area contributed by atoms with Crippen molar-refractivity contribution in [2.24, 2.45) is 0 Å². The Balaban J connectivity index is 1.87. The molecule has 3 rings (SSSR count). The van der Waals surface area contributed by atoms with Crippen LogP contribution in [0.2, 0.25) is 10.0 Å². The van der Waals surface area contributed by atoms with E-state index >= 15 is 0 Å². The third kappa shape index (κ3) is 4.04. The van der Waals surface area contributed by atoms with Gasteiger partial charge in [-0.1, -0.05) is 29.3 Å². The number of hydrogen-bond acceptors (Lipinski definition) is 4. The Bertz CT molecular complexity index is 937. The molecule has 1 aliphatic rings. The van der Waals surface area contributed by atoms with E-state index in [1.807, 2.05) is 11.8 Å². The largest absolute Gasteiger partial charge is 0.465 e. The maximum Gasteiger partial charge on any atom is 0.405 e. The number of carboxylic acid groups (broad SMARTS) is 1. The van der Waals surface area contributed by atoms with Crippen molar-refractivity contribution in [3.63, 3.8) is 0 Å². The lowest BCUT2D eigenvalue weighted by Gasteiger charge is -2.39. The molecule has 7 nitrogen and oxygen atoms in total. The van der Waals surface area contributed by atoms with E-state index in [1.54, 1.807) is 25.1 Å². The zero-order chi connectivity index (χ0) is 19.8. The molecule has 2 aromatic rings. The first kappa shape index (κ1) is 19.5. The van der Waals surface area contributed by atoms with Gasteiger partial charge in [-0.3, -0.25) is 9.36 Å². The van der Waals surface area contributed by atoms with Crippen molar-refractivity contribution in [1.82, 2.24) is 14.9 Å². The molecule has 27 heavy (non-hydrogen) atoms. The molecule has 0 radical (unpaired) electrons. The van der Waals surface area contributed by atoms with Crippen LogP contribution in [0.1, 0.15) is 25.6 Å². The number of halogens is 2. The predicted molar refractivity (Wildman–Crippen MR) is 106 cm³/mol. The maximum absolute atomic E-state index is 12.7. The number of anilines is 1. The molecule has 0 atom stereocenters. The summed E-state index contributed by atoms with van der Waals surface area (Å²) < 4.78 is 1.43. The van der Waals surface area contributed by atoms with Gasteiger partial charge >= 0.3 is 6.09 Å². The van der Waals surface area contributed by atoms with Gasteiger partial charge in [0, 0.05) is 24.7 Å². The van der Waals surface area contributed by atoms with Crippen LogP contribution in [0.4, 0.5) is 10.6 Å². The monoisotopic (exact) mass is 410 g/mol. The van der Waals surface area contributed by atoms with Gasteiger partial charge in [0.15, 0.2) is 0 Å². The van der Waals surface area contributed by atoms with Gasteiger partial charge in [0.1, 0.15) is 11.6 Å². The van der Waals surface area contributed by atoms with Crippen molar-refractivity contribution in [1.29, 1.82) is 0 Å². The highest BCUT2D eigenvalue weighted by atomic mass is 35.5. The van der Waals surface area contributed by atoms with Crippen LogP contribution in [0, 0.1) is 6.92 Å². The average molecular weight is 411 g/mol. The Hall–Kier alpha value is -2.25. The van der Waals surface area contributed by atoms with Crippen LogP contribution >= 0.6 is 23.2 Å². The highest BCUT2D eigenvalue weighted by Gasteiger charge is 2.32. The first-order valence-corrected chi connectivity index (χ1v) is 9.27. The van der Waals surface area contributed by atoms with Gasteiger partial charge in [0.25, 0.3) is 5.56 Å². The van der Waals surface area contributed by atoms with Crippen LogP contribution in [-0.4, -0.2) is 39.4 Å². The molecule has 1 fully saturated rings. The number of aryl methyl sites for hydroxylation is 1. The minimum Gasteiger partial charge on any atom is -0.465 e. The topological polar surface area (TPSA) is 87.5 Å². The Morgan fingerprint density at radius 1 is 1.30 bits per heavy atom. The Morgan fingerprint density at radius 2 is 1.96 bits per heavy atom. The van der Waals surface area contributed by atoms with E-state index in [1.165, 1.54) is 10.6 Å². The van der Waals surface area contributed by atoms with Crippen molar-refractivity contribution < 1.29 is 9.90 Å². The molecule has 144 valence electrons. The molecular formula is C18H20Cl2N4O3. The zero-order valence-electron chi connectivity index (χ0n) is 15.0. The van der Waals surface area contributed by atoms with Crippen LogP contribution in [-0.2, 0) is 0 Å². The van der Waals surface area contributed by atoms with E-state index in [2.05, 4.69) is 10.3 Å². The minimum absolute atomic E-state index is 0.251. The predicted octanol–water partition coefficient (Wildman–Crippen LogP) is 3.47. The quantitative estimate of drug-likeness (QED) is 0.808. The SMILES string of the molecule is Cc1nc(N2CCC(C)(NC(=O)O)CC2)cc(=O)n1-c1cccc(Cl)c1Cl. The number of piperidine rings is 1. The third-order valence-electron chi connectivity index (χ3n) is 4.84. The standard InChI is InChI=1S/C18H20Cl2N4O3/c1-11-21-14(23-8-6-18(2,7-9-23)22-17(26)27)10-15(25)24(11)13-5-3-4-12(19)16(13)20/h3-5,10,22H,6-9H2,1-2H3,(H,26,27). The normalized spacial score (nSPS) is 16.2. The maximum atomic E-state index is 12.7. The smallest absolute Gasteiger partial charge is 0.405 e. The van der Waals surface area contributed by atoms with Crippen LogP contribution in [0.5, 0.6) is 0 Å². The van der Waals surface area contributed by atoms with Crippen LogP contribution in [0.3, 0.4) is 0 Å². The molecule has 0 aliphatic carbocycles. The summed E-state index contributed by atoms with van der Waals surface area (Å²) in [7, 11) is 0. The summed E-state index contributed by atoms with van der Waals surface area (Å²) in [4.78, 5) is 30.2. The van der Waals surface area contributed by atoms with Gasteiger partial charge in [-0.2, -0.15) is 0 Å². The Kier molecular flexibility index (Phi) is 5.35. The highest BCUT2D eigenvalue weighted by molar-refractivity contribution is 6.43. The van der Waals surface area contributed by atoms with Crippen LogP contribution in [0.25, 0.3) is 5.69 Å². The molecule has 1 amide bonds. The summed E-state index contributed by atoms with van der Waals surface area (Å²) in [5.74, 6) is 1.07. The number of carbonyl (C=O) groups is 1. The summed E-state index contributed by atoms with van der Waals surface area (Å²) >= 11 is 12.3. The molecule has 1 saturated heterocycles. The van der Waals surface area contributed by atoms with Crippen molar-refractivity contribution >= 4 is 35.1 Å². The molecule has 9 heteroatoms. The highest BCUT2D eigenvalue weighted by Crippen LogP contribution is 2.29. The number of nitrogens with one attached hydrogen (secondary N) is 1. The fraction of sp³-hybridized carbons (Fsp3) is 0.389. The number of amides is 1. The Morgan fingerprint density at radius 3 is 2.56 bits per heavy atom. The fourth-order valence-corrected chi connectivity index (χ4v) is 3.70. The molecule has 1 aromatic heterocycles. The number of hydrogen-bond donors (Lipinski definition) is 2. The van der Waals surface area contributed by atoms with Crippen LogP contribution in [0.15, 0.2) is 29.1 Å². The van der Waals surface area contributed by atoms with E-state index in [-0.39, 0.29) is 5.56 Å². The Labute approximate surface area is 166 Å². The molecule has 1 aromatic carbocycles. The van der Waals surface area contributed by atoms with Gasteiger partial charge in [0.05, 0.1) is 15.7 Å². The molecule has 1 aliphatic heterocycles. The number of benzene rings is 1. The van der Waals surface area contributed by atoms with E-state index in [0.29, 0.717) is 53.3 Å². The van der Waals surface area contributed by atoms with Crippen molar-refractivity contribution in [3.8, 4) is 5.69 Å². The van der Waals surface area contributed by atoms with E-state index in [0.717, 1.165) is 0 Å². The van der Waals surface area contributed by atoms with Crippen molar-refractivity contribution in [3.05, 3.63) is 50.5 Å². The molecule has 2 N–H and O–H groups in total. The number of nitrogens with zero attached hydrogens (tertiary/aromatic N) is 3. The number of aromatic nitrogens is 2. The second kappa shape index (κ2) is 7.40. The summed E-state index contributed by atoms with van der Waals surface area (Å²) in [5.41, 5.74) is -0.234. The second-order valence-electron chi connectivity index (χ2n) is 6.89. The molecule has 0 saturated carbocycles. The lowest BCUT2D eigenvalue weighted by Crippen LogP contribution is -2.53. The second-order valence-corrected chi connectivity index (χ2v) is 7.67. The van der Waals surface area contributed by atoms with Crippen LogP contribution < -0.4 is 15.8 Å². The third-order valence-corrected chi connectivity index (χ3v) is 5.65. The fourth-order valence-electron chi connectivity index (χ4n) is 3.32. The molecule has 0 bridgehead atoms. The summed E-state index contributed by atoms with van der Waals surface area (Å²) in [6.45, 7) is 4.83. The van der Waals surface area contributed by atoms with E-state index in [9.17, 15) is 9.59 Å². The molecule has 2 heterocycles. The molecular weight excluding hydrogens is 391 g/mol. The van der Waals surface area contributed by atoms with Gasteiger partial charge < -0.3 is 15.3 Å².